The Labute approximate surface area is 175 Å². The Kier molecular flexibility index (Phi) is 5.35. The molecule has 5 nitrogen and oxygen atoms in total. The molecule has 4 rings (SSSR count). The number of aromatic nitrogens is 2. The average Bonchev–Trinajstić information content (AvgIpc) is 3.17. The van der Waals surface area contributed by atoms with Gasteiger partial charge in [-0.25, -0.2) is 4.98 Å². The van der Waals surface area contributed by atoms with Crippen LogP contribution in [0, 0.1) is 0 Å². The number of aromatic amines is 1. The number of rotatable bonds is 5. The zero-order valence-electron chi connectivity index (χ0n) is 15.2. The van der Waals surface area contributed by atoms with Crippen molar-refractivity contribution >= 4 is 50.4 Å². The quantitative estimate of drug-likeness (QED) is 0.315. The minimum absolute atomic E-state index is 0.203. The number of halogens is 1. The van der Waals surface area contributed by atoms with Crippen LogP contribution in [0.25, 0.3) is 17.1 Å². The van der Waals surface area contributed by atoms with Gasteiger partial charge in [-0.15, -0.1) is 0 Å². The standard InChI is InChI=1S/C23H16BrN3O2/c24-17-7-4-6-16(14-17)23(29)25-18-8-3-5-15(13-18)11-12-21(28)22-26-19-9-1-2-10-20(19)27-22/h1-14H,(H,25,29)(H,26,27)/b12-11+. The molecular formula is C23H16BrN3O2. The van der Waals surface area contributed by atoms with Crippen LogP contribution in [0.15, 0.2) is 83.3 Å². The van der Waals surface area contributed by atoms with Crippen LogP contribution in [0.4, 0.5) is 5.69 Å². The maximum Gasteiger partial charge on any atom is 0.255 e. The molecule has 3 aromatic carbocycles. The third-order valence-electron chi connectivity index (χ3n) is 4.28. The smallest absolute Gasteiger partial charge is 0.255 e. The summed E-state index contributed by atoms with van der Waals surface area (Å²) in [5.74, 6) is -0.128. The SMILES string of the molecule is O=C(Nc1cccc(/C=C/C(=O)c2nc3ccccc3[nH]2)c1)c1cccc(Br)c1. The molecule has 0 unspecified atom stereocenters. The summed E-state index contributed by atoms with van der Waals surface area (Å²) in [6.45, 7) is 0. The van der Waals surface area contributed by atoms with E-state index in [9.17, 15) is 9.59 Å². The maximum absolute atomic E-state index is 12.4. The van der Waals surface area contributed by atoms with Gasteiger partial charge in [0.1, 0.15) is 0 Å². The van der Waals surface area contributed by atoms with Crippen molar-refractivity contribution in [3.63, 3.8) is 0 Å². The fourth-order valence-electron chi connectivity index (χ4n) is 2.87. The molecule has 0 bridgehead atoms. The van der Waals surface area contributed by atoms with E-state index in [1.54, 1.807) is 30.3 Å². The third-order valence-corrected chi connectivity index (χ3v) is 4.77. The summed E-state index contributed by atoms with van der Waals surface area (Å²) in [7, 11) is 0. The molecule has 1 heterocycles. The van der Waals surface area contributed by atoms with Crippen molar-refractivity contribution < 1.29 is 9.59 Å². The summed E-state index contributed by atoms with van der Waals surface area (Å²) in [5, 5.41) is 2.87. The molecule has 142 valence electrons. The highest BCUT2D eigenvalue weighted by Crippen LogP contribution is 2.17. The van der Waals surface area contributed by atoms with Gasteiger partial charge in [-0.3, -0.25) is 9.59 Å². The second-order valence-electron chi connectivity index (χ2n) is 6.39. The van der Waals surface area contributed by atoms with E-state index >= 15 is 0 Å². The fourth-order valence-corrected chi connectivity index (χ4v) is 3.27. The molecule has 0 fully saturated rings. The predicted octanol–water partition coefficient (Wildman–Crippen LogP) is 5.47. The van der Waals surface area contributed by atoms with Gasteiger partial charge < -0.3 is 10.3 Å². The molecule has 0 radical (unpaired) electrons. The molecule has 0 saturated heterocycles. The number of imidazole rings is 1. The lowest BCUT2D eigenvalue weighted by atomic mass is 10.1. The van der Waals surface area contributed by atoms with Crippen molar-refractivity contribution in [2.75, 3.05) is 5.32 Å². The largest absolute Gasteiger partial charge is 0.335 e. The molecule has 6 heteroatoms. The molecule has 0 aliphatic carbocycles. The van der Waals surface area contributed by atoms with Crippen molar-refractivity contribution in [1.82, 2.24) is 9.97 Å². The van der Waals surface area contributed by atoms with E-state index in [2.05, 4.69) is 31.2 Å². The lowest BCUT2D eigenvalue weighted by molar-refractivity contribution is 0.102. The fraction of sp³-hybridized carbons (Fsp3) is 0. The van der Waals surface area contributed by atoms with E-state index < -0.39 is 0 Å². The number of nitrogens with zero attached hydrogens (tertiary/aromatic N) is 1. The first-order chi connectivity index (χ1) is 14.1. The van der Waals surface area contributed by atoms with Crippen molar-refractivity contribution in [1.29, 1.82) is 0 Å². The molecule has 2 N–H and O–H groups in total. The minimum atomic E-state index is -0.218. The van der Waals surface area contributed by atoms with E-state index in [1.807, 2.05) is 48.5 Å². The van der Waals surface area contributed by atoms with Crippen molar-refractivity contribution in [3.8, 4) is 0 Å². The zero-order valence-corrected chi connectivity index (χ0v) is 16.8. The Balaban J connectivity index is 1.48. The minimum Gasteiger partial charge on any atom is -0.335 e. The lowest BCUT2D eigenvalue weighted by Gasteiger charge is -2.06. The highest BCUT2D eigenvalue weighted by Gasteiger charge is 2.09. The van der Waals surface area contributed by atoms with Crippen LogP contribution in [0.1, 0.15) is 26.5 Å². The topological polar surface area (TPSA) is 74.8 Å². The van der Waals surface area contributed by atoms with Crippen LogP contribution in [-0.4, -0.2) is 21.7 Å². The van der Waals surface area contributed by atoms with E-state index in [0.717, 1.165) is 21.1 Å². The molecule has 1 amide bonds. The number of H-pyrrole nitrogens is 1. The summed E-state index contributed by atoms with van der Waals surface area (Å²) >= 11 is 3.36. The molecule has 1 aromatic heterocycles. The lowest BCUT2D eigenvalue weighted by Crippen LogP contribution is -2.11. The van der Waals surface area contributed by atoms with Gasteiger partial charge in [-0.2, -0.15) is 0 Å². The van der Waals surface area contributed by atoms with Gasteiger partial charge in [0.15, 0.2) is 5.82 Å². The van der Waals surface area contributed by atoms with Gasteiger partial charge in [-0.05, 0) is 54.1 Å². The summed E-state index contributed by atoms with van der Waals surface area (Å²) in [6, 6.07) is 21.9. The first-order valence-electron chi connectivity index (χ1n) is 8.93. The number of anilines is 1. The molecular weight excluding hydrogens is 430 g/mol. The van der Waals surface area contributed by atoms with Gasteiger partial charge in [0.05, 0.1) is 11.0 Å². The second kappa shape index (κ2) is 8.24. The predicted molar refractivity (Wildman–Crippen MR) is 118 cm³/mol. The highest BCUT2D eigenvalue weighted by atomic mass is 79.9. The Morgan fingerprint density at radius 1 is 0.966 bits per heavy atom. The summed E-state index contributed by atoms with van der Waals surface area (Å²) in [6.07, 6.45) is 3.16. The van der Waals surface area contributed by atoms with Crippen LogP contribution in [0.3, 0.4) is 0 Å². The molecule has 0 aliphatic heterocycles. The van der Waals surface area contributed by atoms with E-state index in [1.165, 1.54) is 6.08 Å². The number of para-hydroxylation sites is 2. The normalized spacial score (nSPS) is 11.1. The number of benzene rings is 3. The van der Waals surface area contributed by atoms with Crippen molar-refractivity contribution in [2.24, 2.45) is 0 Å². The van der Waals surface area contributed by atoms with Gasteiger partial charge >= 0.3 is 0 Å². The Morgan fingerprint density at radius 2 is 1.79 bits per heavy atom. The van der Waals surface area contributed by atoms with Crippen LogP contribution in [0.5, 0.6) is 0 Å². The number of carbonyl (C=O) groups is 2. The molecule has 0 atom stereocenters. The summed E-state index contributed by atoms with van der Waals surface area (Å²) in [5.41, 5.74) is 3.57. The first-order valence-corrected chi connectivity index (χ1v) is 9.72. The third kappa shape index (κ3) is 4.50. The van der Waals surface area contributed by atoms with E-state index in [4.69, 9.17) is 0 Å². The average molecular weight is 446 g/mol. The molecule has 0 saturated carbocycles. The molecule has 29 heavy (non-hydrogen) atoms. The van der Waals surface area contributed by atoms with Gasteiger partial charge in [0.2, 0.25) is 5.78 Å². The Hall–Kier alpha value is -3.51. The number of carbonyl (C=O) groups excluding carboxylic acids is 2. The number of hydrogen-bond acceptors (Lipinski definition) is 3. The Morgan fingerprint density at radius 3 is 2.62 bits per heavy atom. The van der Waals surface area contributed by atoms with Crippen LogP contribution in [-0.2, 0) is 0 Å². The summed E-state index contributed by atoms with van der Waals surface area (Å²) < 4.78 is 0.839. The van der Waals surface area contributed by atoms with Gasteiger partial charge in [0, 0.05) is 15.7 Å². The first kappa shape index (κ1) is 18.8. The number of hydrogen-bond donors (Lipinski definition) is 2. The number of nitrogens with one attached hydrogen (secondary N) is 2. The molecule has 0 spiro atoms. The van der Waals surface area contributed by atoms with Gasteiger partial charge in [0.25, 0.3) is 5.91 Å². The summed E-state index contributed by atoms with van der Waals surface area (Å²) in [4.78, 5) is 32.1. The highest BCUT2D eigenvalue weighted by molar-refractivity contribution is 9.10. The van der Waals surface area contributed by atoms with E-state index in [-0.39, 0.29) is 11.7 Å². The number of ketones is 1. The number of allylic oxidation sites excluding steroid dienone is 1. The van der Waals surface area contributed by atoms with Crippen LogP contribution in [0.2, 0.25) is 0 Å². The number of amides is 1. The van der Waals surface area contributed by atoms with Crippen molar-refractivity contribution in [3.05, 3.63) is 100 Å². The van der Waals surface area contributed by atoms with Crippen LogP contribution < -0.4 is 5.32 Å². The van der Waals surface area contributed by atoms with Crippen LogP contribution >= 0.6 is 15.9 Å². The van der Waals surface area contributed by atoms with E-state index in [0.29, 0.717) is 17.1 Å². The molecule has 0 aliphatic rings. The van der Waals surface area contributed by atoms with Gasteiger partial charge in [-0.1, -0.05) is 52.3 Å². The Bertz CT molecular complexity index is 1210. The maximum atomic E-state index is 12.4. The monoisotopic (exact) mass is 445 g/mol. The van der Waals surface area contributed by atoms with Crippen molar-refractivity contribution in [2.45, 2.75) is 0 Å². The number of fused-ring (bicyclic) bond motifs is 1. The zero-order chi connectivity index (χ0) is 20.2. The second-order valence-corrected chi connectivity index (χ2v) is 7.31. The molecule has 4 aromatic rings.